The summed E-state index contributed by atoms with van der Waals surface area (Å²) in [4.78, 5) is 22.9. The number of benzene rings is 1. The van der Waals surface area contributed by atoms with E-state index in [1.54, 1.807) is 0 Å². The molecule has 2 aromatic heterocycles. The lowest BCUT2D eigenvalue weighted by atomic mass is 9.84. The Bertz CT molecular complexity index is 1100. The first kappa shape index (κ1) is 23.4. The van der Waals surface area contributed by atoms with Crippen molar-refractivity contribution in [3.8, 4) is 5.82 Å². The molecule has 1 unspecified atom stereocenters. The molecule has 1 fully saturated rings. The highest BCUT2D eigenvalue weighted by Crippen LogP contribution is 2.29. The second-order valence-electron chi connectivity index (χ2n) is 9.87. The van der Waals surface area contributed by atoms with E-state index < -0.39 is 0 Å². The molecule has 0 saturated heterocycles. The summed E-state index contributed by atoms with van der Waals surface area (Å²) < 4.78 is 1.96. The second kappa shape index (κ2) is 10.9. The number of fused-ring (bicyclic) bond motifs is 1. The molecule has 2 aliphatic rings. The van der Waals surface area contributed by atoms with Crippen LogP contribution in [0.3, 0.4) is 0 Å². The Morgan fingerprint density at radius 2 is 1.74 bits per heavy atom. The number of nitrogens with one attached hydrogen (secondary N) is 3. The monoisotopic (exact) mass is 472 g/mol. The average Bonchev–Trinajstić information content (AvgIpc) is 3.54. The van der Waals surface area contributed by atoms with Crippen molar-refractivity contribution in [3.63, 3.8) is 0 Å². The van der Waals surface area contributed by atoms with Gasteiger partial charge in [-0.15, -0.1) is 0 Å². The number of carbonyl (C=O) groups excluding carboxylic acids is 1. The smallest absolute Gasteiger partial charge is 0.242 e. The van der Waals surface area contributed by atoms with E-state index in [1.807, 2.05) is 42.1 Å². The first-order valence-electron chi connectivity index (χ1n) is 13.1. The highest BCUT2D eigenvalue weighted by Gasteiger charge is 2.29. The Hall–Kier alpha value is -3.35. The van der Waals surface area contributed by atoms with Crippen LogP contribution in [0.25, 0.3) is 5.82 Å². The van der Waals surface area contributed by atoms with E-state index in [4.69, 9.17) is 0 Å². The van der Waals surface area contributed by atoms with Gasteiger partial charge >= 0.3 is 0 Å². The van der Waals surface area contributed by atoms with Crippen molar-refractivity contribution < 1.29 is 4.79 Å². The third-order valence-corrected chi connectivity index (χ3v) is 7.25. The van der Waals surface area contributed by atoms with Gasteiger partial charge in [-0.25, -0.2) is 0 Å². The molecule has 184 valence electrons. The van der Waals surface area contributed by atoms with E-state index in [9.17, 15) is 4.79 Å². The Labute approximate surface area is 207 Å². The van der Waals surface area contributed by atoms with Gasteiger partial charge in [-0.3, -0.25) is 4.79 Å². The molecule has 0 spiro atoms. The van der Waals surface area contributed by atoms with Crippen molar-refractivity contribution in [3.05, 3.63) is 66.0 Å². The minimum Gasteiger partial charge on any atom is -0.358 e. The largest absolute Gasteiger partial charge is 0.358 e. The van der Waals surface area contributed by atoms with Crippen LogP contribution in [0, 0.1) is 5.92 Å². The summed E-state index contributed by atoms with van der Waals surface area (Å²) in [5.74, 6) is 2.63. The van der Waals surface area contributed by atoms with Crippen LogP contribution in [0.5, 0.6) is 0 Å². The maximum atomic E-state index is 13.6. The number of aromatic nitrogens is 3. The van der Waals surface area contributed by atoms with E-state index in [0.29, 0.717) is 17.7 Å². The van der Waals surface area contributed by atoms with Crippen LogP contribution >= 0.6 is 0 Å². The van der Waals surface area contributed by atoms with Crippen molar-refractivity contribution in [2.75, 3.05) is 17.2 Å². The number of hydrogen-bond donors (Lipinski definition) is 3. The predicted molar refractivity (Wildman–Crippen MR) is 140 cm³/mol. The third-order valence-electron chi connectivity index (χ3n) is 7.25. The first-order valence-corrected chi connectivity index (χ1v) is 13.1. The Morgan fingerprint density at radius 3 is 2.43 bits per heavy atom. The van der Waals surface area contributed by atoms with Gasteiger partial charge in [0.2, 0.25) is 11.9 Å². The molecule has 1 amide bonds. The molecule has 2 aliphatic carbocycles. The number of carbonyl (C=O) groups is 1. The summed E-state index contributed by atoms with van der Waals surface area (Å²) in [5.41, 5.74) is 2.69. The minimum absolute atomic E-state index is 0.0690. The number of hydrogen-bond acceptors (Lipinski definition) is 5. The van der Waals surface area contributed by atoms with Crippen molar-refractivity contribution in [1.82, 2.24) is 19.9 Å². The van der Waals surface area contributed by atoms with Crippen molar-refractivity contribution >= 4 is 17.7 Å². The summed E-state index contributed by atoms with van der Waals surface area (Å²) in [6.45, 7) is 2.75. The molecular formula is C28H36N6O. The van der Waals surface area contributed by atoms with Crippen molar-refractivity contribution in [2.45, 2.75) is 70.4 Å². The quantitative estimate of drug-likeness (QED) is 0.419. The molecule has 7 nitrogen and oxygen atoms in total. The molecule has 7 heteroatoms. The van der Waals surface area contributed by atoms with E-state index >= 15 is 0 Å². The second-order valence-corrected chi connectivity index (χ2v) is 9.87. The molecular weight excluding hydrogens is 436 g/mol. The van der Waals surface area contributed by atoms with Crippen LogP contribution in [0.4, 0.5) is 11.8 Å². The summed E-state index contributed by atoms with van der Waals surface area (Å²) >= 11 is 0. The minimum atomic E-state index is -0.330. The topological polar surface area (TPSA) is 83.9 Å². The van der Waals surface area contributed by atoms with Crippen LogP contribution in [-0.4, -0.2) is 39.1 Å². The van der Waals surface area contributed by atoms with Crippen LogP contribution in [-0.2, 0) is 17.6 Å². The fourth-order valence-corrected chi connectivity index (χ4v) is 5.49. The summed E-state index contributed by atoms with van der Waals surface area (Å²) in [6, 6.07) is 14.2. The van der Waals surface area contributed by atoms with Crippen LogP contribution in [0.15, 0.2) is 54.9 Å². The van der Waals surface area contributed by atoms with Crippen molar-refractivity contribution in [1.29, 1.82) is 0 Å². The van der Waals surface area contributed by atoms with Gasteiger partial charge in [0.15, 0.2) is 0 Å². The maximum absolute atomic E-state index is 13.6. The standard InChI is InChI=1S/C28H36N6O/c1-2-29-28-32-25(19-26(33-28)34-14-8-9-15-34)31-24(16-20-10-4-3-5-11-20)27(35)30-23-17-21-12-6-7-13-22(21)18-23/h6-9,12-15,19-20,23-24H,2-5,10-11,16-18H2,1H3,(H,30,35)(H2,29,31,32,33). The van der Waals surface area contributed by atoms with E-state index in [1.165, 1.54) is 43.2 Å². The highest BCUT2D eigenvalue weighted by molar-refractivity contribution is 5.85. The molecule has 0 radical (unpaired) electrons. The van der Waals surface area contributed by atoms with Gasteiger partial charge in [0.25, 0.3) is 0 Å². The number of amides is 1. The lowest BCUT2D eigenvalue weighted by molar-refractivity contribution is -0.122. The van der Waals surface area contributed by atoms with Gasteiger partial charge in [-0.2, -0.15) is 9.97 Å². The lowest BCUT2D eigenvalue weighted by Gasteiger charge is -2.28. The van der Waals surface area contributed by atoms with Gasteiger partial charge in [0, 0.05) is 31.0 Å². The zero-order valence-electron chi connectivity index (χ0n) is 20.5. The zero-order chi connectivity index (χ0) is 24.0. The molecule has 35 heavy (non-hydrogen) atoms. The van der Waals surface area contributed by atoms with Gasteiger partial charge < -0.3 is 20.5 Å². The Balaban J connectivity index is 1.35. The molecule has 5 rings (SSSR count). The molecule has 3 aromatic rings. The predicted octanol–water partition coefficient (Wildman–Crippen LogP) is 4.73. The summed E-state index contributed by atoms with van der Waals surface area (Å²) in [5, 5.41) is 10.1. The van der Waals surface area contributed by atoms with Crippen LogP contribution < -0.4 is 16.0 Å². The Kier molecular flexibility index (Phi) is 7.31. The fraction of sp³-hybridized carbons (Fsp3) is 0.464. The number of anilines is 2. The van der Waals surface area contributed by atoms with Gasteiger partial charge in [0.1, 0.15) is 17.7 Å². The number of nitrogens with zero attached hydrogens (tertiary/aromatic N) is 3. The summed E-state index contributed by atoms with van der Waals surface area (Å²) in [7, 11) is 0. The molecule has 0 aliphatic heterocycles. The van der Waals surface area contributed by atoms with E-state index in [0.717, 1.165) is 31.6 Å². The van der Waals surface area contributed by atoms with Crippen molar-refractivity contribution in [2.24, 2.45) is 5.92 Å². The zero-order valence-corrected chi connectivity index (χ0v) is 20.5. The maximum Gasteiger partial charge on any atom is 0.242 e. The number of rotatable bonds is 9. The van der Waals surface area contributed by atoms with Crippen LogP contribution in [0.1, 0.15) is 56.6 Å². The molecule has 1 atom stereocenters. The van der Waals surface area contributed by atoms with E-state index in [-0.39, 0.29) is 18.0 Å². The fourth-order valence-electron chi connectivity index (χ4n) is 5.49. The van der Waals surface area contributed by atoms with Gasteiger partial charge in [0.05, 0.1) is 0 Å². The van der Waals surface area contributed by atoms with E-state index in [2.05, 4.69) is 50.2 Å². The molecule has 0 bridgehead atoms. The highest BCUT2D eigenvalue weighted by atomic mass is 16.2. The molecule has 1 aromatic carbocycles. The van der Waals surface area contributed by atoms with Gasteiger partial charge in [-0.05, 0) is 55.4 Å². The molecule has 1 saturated carbocycles. The summed E-state index contributed by atoms with van der Waals surface area (Å²) in [6.07, 6.45) is 12.8. The molecule has 3 N–H and O–H groups in total. The van der Waals surface area contributed by atoms with Crippen LogP contribution in [0.2, 0.25) is 0 Å². The third kappa shape index (κ3) is 5.84. The van der Waals surface area contributed by atoms with Gasteiger partial charge in [-0.1, -0.05) is 56.4 Å². The lowest BCUT2D eigenvalue weighted by Crippen LogP contribution is -2.46. The Morgan fingerprint density at radius 1 is 1.03 bits per heavy atom. The normalized spacial score (nSPS) is 17.1. The SMILES string of the molecule is CCNc1nc(NC(CC2CCCCC2)C(=O)NC2Cc3ccccc3C2)cc(-n2cccc2)n1. The average molecular weight is 473 g/mol. The molecule has 2 heterocycles. The first-order chi connectivity index (χ1) is 17.2.